The molecule has 0 aromatic carbocycles. The maximum absolute atomic E-state index is 5.41. The van der Waals surface area contributed by atoms with Crippen LogP contribution in [0.3, 0.4) is 0 Å². The van der Waals surface area contributed by atoms with Gasteiger partial charge in [0, 0.05) is 12.2 Å². The number of ether oxygens (including phenoxy) is 1. The summed E-state index contributed by atoms with van der Waals surface area (Å²) in [5.41, 5.74) is 2.97. The molecular formula is C14H20N4O. The highest BCUT2D eigenvalue weighted by Crippen LogP contribution is 2.28. The van der Waals surface area contributed by atoms with Crippen molar-refractivity contribution in [2.75, 3.05) is 14.2 Å². The van der Waals surface area contributed by atoms with Crippen molar-refractivity contribution < 1.29 is 4.74 Å². The zero-order valence-corrected chi connectivity index (χ0v) is 11.8. The summed E-state index contributed by atoms with van der Waals surface area (Å²) in [4.78, 5) is 4.59. The van der Waals surface area contributed by atoms with Crippen molar-refractivity contribution in [3.05, 3.63) is 41.5 Å². The molecule has 1 unspecified atom stereocenters. The minimum absolute atomic E-state index is 0.0303. The van der Waals surface area contributed by atoms with E-state index in [9.17, 15) is 0 Å². The quantitative estimate of drug-likeness (QED) is 0.892. The Morgan fingerprint density at radius 2 is 2.21 bits per heavy atom. The molecule has 0 saturated carbocycles. The van der Waals surface area contributed by atoms with Crippen molar-refractivity contribution in [3.8, 4) is 5.75 Å². The maximum Gasteiger partial charge on any atom is 0.161 e. The fraction of sp³-hybridized carbons (Fsp3) is 0.429. The highest BCUT2D eigenvalue weighted by atomic mass is 16.5. The Kier molecular flexibility index (Phi) is 4.16. The van der Waals surface area contributed by atoms with Gasteiger partial charge in [-0.15, -0.1) is 0 Å². The number of aryl methyl sites for hydroxylation is 2. The van der Waals surface area contributed by atoms with Gasteiger partial charge in [-0.1, -0.05) is 6.07 Å². The third-order valence-electron chi connectivity index (χ3n) is 3.13. The first-order valence-electron chi connectivity index (χ1n) is 6.41. The molecule has 2 heterocycles. The van der Waals surface area contributed by atoms with Crippen molar-refractivity contribution in [1.82, 2.24) is 20.1 Å². The van der Waals surface area contributed by atoms with Crippen molar-refractivity contribution in [2.45, 2.75) is 26.4 Å². The lowest BCUT2D eigenvalue weighted by atomic mass is 10.1. The summed E-state index contributed by atoms with van der Waals surface area (Å²) < 4.78 is 7.35. The molecule has 2 aromatic rings. The van der Waals surface area contributed by atoms with E-state index in [1.54, 1.807) is 13.3 Å². The van der Waals surface area contributed by atoms with Crippen LogP contribution in [-0.4, -0.2) is 28.9 Å². The van der Waals surface area contributed by atoms with Crippen LogP contribution >= 0.6 is 0 Å². The fourth-order valence-electron chi connectivity index (χ4n) is 2.23. The molecule has 1 atom stereocenters. The van der Waals surface area contributed by atoms with Gasteiger partial charge in [0.1, 0.15) is 5.69 Å². The van der Waals surface area contributed by atoms with Crippen LogP contribution in [0.2, 0.25) is 0 Å². The van der Waals surface area contributed by atoms with Crippen LogP contribution in [-0.2, 0) is 6.54 Å². The van der Waals surface area contributed by atoms with Crippen LogP contribution in [0.4, 0.5) is 0 Å². The number of nitrogens with one attached hydrogen (secondary N) is 1. The molecule has 2 aromatic heterocycles. The van der Waals surface area contributed by atoms with Gasteiger partial charge in [-0.05, 0) is 33.0 Å². The molecule has 5 heteroatoms. The molecule has 0 radical (unpaired) electrons. The molecule has 2 rings (SSSR count). The first-order chi connectivity index (χ1) is 9.21. The highest BCUT2D eigenvalue weighted by molar-refractivity contribution is 5.34. The molecular weight excluding hydrogens is 240 g/mol. The van der Waals surface area contributed by atoms with Crippen molar-refractivity contribution >= 4 is 0 Å². The number of nitrogens with zero attached hydrogens (tertiary/aromatic N) is 3. The molecule has 0 saturated heterocycles. The van der Waals surface area contributed by atoms with Crippen LogP contribution in [0, 0.1) is 6.92 Å². The Balaban J connectivity index is 2.50. The van der Waals surface area contributed by atoms with E-state index in [1.165, 1.54) is 0 Å². The van der Waals surface area contributed by atoms with Crippen LogP contribution in [0.5, 0.6) is 5.75 Å². The molecule has 102 valence electrons. The molecule has 0 aliphatic heterocycles. The van der Waals surface area contributed by atoms with Gasteiger partial charge < -0.3 is 10.1 Å². The van der Waals surface area contributed by atoms with E-state index >= 15 is 0 Å². The summed E-state index contributed by atoms with van der Waals surface area (Å²) in [5, 5.41) is 7.64. The van der Waals surface area contributed by atoms with Gasteiger partial charge in [0.2, 0.25) is 0 Å². The standard InChI is InChI=1S/C14H20N4O/c1-5-18-14(12(19-4)9-16-18)13(15-3)11-8-6-7-10(2)17-11/h6-9,13,15H,5H2,1-4H3. The Morgan fingerprint density at radius 1 is 1.42 bits per heavy atom. The van der Waals surface area contributed by atoms with E-state index in [0.29, 0.717) is 0 Å². The second-order valence-corrected chi connectivity index (χ2v) is 4.34. The largest absolute Gasteiger partial charge is 0.493 e. The van der Waals surface area contributed by atoms with Crippen LogP contribution < -0.4 is 10.1 Å². The lowest BCUT2D eigenvalue weighted by Crippen LogP contribution is -2.23. The Bertz CT molecular complexity index is 529. The van der Waals surface area contributed by atoms with Crippen molar-refractivity contribution in [1.29, 1.82) is 0 Å². The highest BCUT2D eigenvalue weighted by Gasteiger charge is 2.22. The zero-order chi connectivity index (χ0) is 13.8. The smallest absolute Gasteiger partial charge is 0.161 e. The zero-order valence-electron chi connectivity index (χ0n) is 11.8. The molecule has 5 nitrogen and oxygen atoms in total. The molecule has 0 aliphatic carbocycles. The van der Waals surface area contributed by atoms with E-state index in [4.69, 9.17) is 4.74 Å². The first kappa shape index (κ1) is 13.5. The Hall–Kier alpha value is -1.88. The SMILES string of the molecule is CCn1ncc(OC)c1C(NC)c1cccc(C)n1. The predicted octanol–water partition coefficient (Wildman–Crippen LogP) is 1.92. The summed E-state index contributed by atoms with van der Waals surface area (Å²) in [6.07, 6.45) is 1.75. The van der Waals surface area contributed by atoms with Gasteiger partial charge in [0.15, 0.2) is 5.75 Å². The predicted molar refractivity (Wildman–Crippen MR) is 74.3 cm³/mol. The normalized spacial score (nSPS) is 12.4. The van der Waals surface area contributed by atoms with Gasteiger partial charge in [-0.25, -0.2) is 0 Å². The molecule has 19 heavy (non-hydrogen) atoms. The first-order valence-corrected chi connectivity index (χ1v) is 6.41. The monoisotopic (exact) mass is 260 g/mol. The minimum atomic E-state index is -0.0303. The number of methoxy groups -OCH3 is 1. The van der Waals surface area contributed by atoms with Crippen molar-refractivity contribution in [2.24, 2.45) is 0 Å². The van der Waals surface area contributed by atoms with E-state index < -0.39 is 0 Å². The van der Waals surface area contributed by atoms with Crippen molar-refractivity contribution in [3.63, 3.8) is 0 Å². The lowest BCUT2D eigenvalue weighted by Gasteiger charge is -2.18. The van der Waals surface area contributed by atoms with Gasteiger partial charge in [-0.2, -0.15) is 5.10 Å². The van der Waals surface area contributed by atoms with E-state index in [1.807, 2.05) is 36.9 Å². The average Bonchev–Trinajstić information content (AvgIpc) is 2.83. The molecule has 0 aliphatic rings. The van der Waals surface area contributed by atoms with E-state index in [0.717, 1.165) is 29.4 Å². The number of aromatic nitrogens is 3. The van der Waals surface area contributed by atoms with E-state index in [-0.39, 0.29) is 6.04 Å². The summed E-state index contributed by atoms with van der Waals surface area (Å²) in [6, 6.07) is 5.99. The number of hydrogen-bond donors (Lipinski definition) is 1. The Morgan fingerprint density at radius 3 is 2.79 bits per heavy atom. The molecule has 1 N–H and O–H groups in total. The van der Waals surface area contributed by atoms with Gasteiger partial charge >= 0.3 is 0 Å². The molecule has 0 spiro atoms. The summed E-state index contributed by atoms with van der Waals surface area (Å²) in [5.74, 6) is 0.782. The third-order valence-corrected chi connectivity index (χ3v) is 3.13. The van der Waals surface area contributed by atoms with E-state index in [2.05, 4.69) is 22.3 Å². The second kappa shape index (κ2) is 5.84. The topological polar surface area (TPSA) is 52.0 Å². The molecule has 0 fully saturated rings. The van der Waals surface area contributed by atoms with Crippen LogP contribution in [0.25, 0.3) is 0 Å². The van der Waals surface area contributed by atoms with Gasteiger partial charge in [0.25, 0.3) is 0 Å². The summed E-state index contributed by atoms with van der Waals surface area (Å²) in [7, 11) is 3.58. The lowest BCUT2D eigenvalue weighted by molar-refractivity contribution is 0.400. The number of hydrogen-bond acceptors (Lipinski definition) is 4. The van der Waals surface area contributed by atoms with Gasteiger partial charge in [0.05, 0.1) is 25.0 Å². The van der Waals surface area contributed by atoms with Crippen LogP contribution in [0.15, 0.2) is 24.4 Å². The molecule has 0 amide bonds. The van der Waals surface area contributed by atoms with Gasteiger partial charge in [-0.3, -0.25) is 9.67 Å². The molecule has 0 bridgehead atoms. The summed E-state index contributed by atoms with van der Waals surface area (Å²) in [6.45, 7) is 4.85. The van der Waals surface area contributed by atoms with Crippen LogP contribution in [0.1, 0.15) is 30.0 Å². The third kappa shape index (κ3) is 2.61. The number of pyridine rings is 1. The Labute approximate surface area is 113 Å². The summed E-state index contributed by atoms with van der Waals surface area (Å²) >= 11 is 0. The number of rotatable bonds is 5. The fourth-order valence-corrected chi connectivity index (χ4v) is 2.23. The maximum atomic E-state index is 5.41. The second-order valence-electron chi connectivity index (χ2n) is 4.34. The average molecular weight is 260 g/mol. The minimum Gasteiger partial charge on any atom is -0.493 e.